The van der Waals surface area contributed by atoms with Gasteiger partial charge in [-0.3, -0.25) is 4.79 Å². The van der Waals surface area contributed by atoms with E-state index in [4.69, 9.17) is 16.0 Å². The molecular weight excluding hydrogens is 383 g/mol. The van der Waals surface area contributed by atoms with Crippen LogP contribution in [-0.2, 0) is 0 Å². The number of nitrogens with zero attached hydrogens (tertiary/aromatic N) is 3. The van der Waals surface area contributed by atoms with Crippen LogP contribution in [-0.4, -0.2) is 29.2 Å². The van der Waals surface area contributed by atoms with Gasteiger partial charge < -0.3 is 14.6 Å². The molecule has 0 aliphatic carbocycles. The second-order valence-electron chi connectivity index (χ2n) is 6.56. The summed E-state index contributed by atoms with van der Waals surface area (Å²) in [6, 6.07) is 12.7. The SMILES string of the molecule is O=C(N[C@H](c1ccccc1)c1nnc(N2CCCC2)o1)c1cc(F)ccc1Cl. The van der Waals surface area contributed by atoms with Gasteiger partial charge in [-0.25, -0.2) is 4.39 Å². The Labute approximate surface area is 166 Å². The van der Waals surface area contributed by atoms with Crippen molar-refractivity contribution in [2.75, 3.05) is 18.0 Å². The van der Waals surface area contributed by atoms with Gasteiger partial charge in [0.05, 0.1) is 10.6 Å². The van der Waals surface area contributed by atoms with Crippen molar-refractivity contribution in [1.29, 1.82) is 0 Å². The molecule has 1 aliphatic heterocycles. The number of benzene rings is 2. The number of halogens is 2. The second-order valence-corrected chi connectivity index (χ2v) is 6.97. The number of carbonyl (C=O) groups is 1. The molecule has 2 aromatic carbocycles. The van der Waals surface area contributed by atoms with Crippen LogP contribution in [0.1, 0.15) is 40.7 Å². The lowest BCUT2D eigenvalue weighted by molar-refractivity contribution is 0.0937. The molecule has 1 atom stereocenters. The summed E-state index contributed by atoms with van der Waals surface area (Å²) in [7, 11) is 0. The van der Waals surface area contributed by atoms with Crippen molar-refractivity contribution >= 4 is 23.5 Å². The van der Waals surface area contributed by atoms with Crippen LogP contribution in [0.25, 0.3) is 0 Å². The fourth-order valence-electron chi connectivity index (χ4n) is 3.19. The molecule has 1 aliphatic rings. The molecule has 3 aromatic rings. The van der Waals surface area contributed by atoms with Crippen molar-refractivity contribution in [3.63, 3.8) is 0 Å². The average molecular weight is 401 g/mol. The zero-order valence-electron chi connectivity index (χ0n) is 14.9. The van der Waals surface area contributed by atoms with E-state index >= 15 is 0 Å². The number of nitrogens with one attached hydrogen (secondary N) is 1. The van der Waals surface area contributed by atoms with Crippen molar-refractivity contribution in [3.8, 4) is 0 Å². The minimum atomic E-state index is -0.683. The van der Waals surface area contributed by atoms with Crippen LogP contribution < -0.4 is 10.2 Å². The van der Waals surface area contributed by atoms with Crippen molar-refractivity contribution < 1.29 is 13.6 Å². The van der Waals surface area contributed by atoms with Crippen molar-refractivity contribution in [3.05, 3.63) is 76.4 Å². The normalized spacial score (nSPS) is 14.9. The Hall–Kier alpha value is -2.93. The first-order chi connectivity index (χ1) is 13.6. The third kappa shape index (κ3) is 3.84. The third-order valence-corrected chi connectivity index (χ3v) is 4.96. The van der Waals surface area contributed by atoms with E-state index in [0.29, 0.717) is 6.01 Å². The summed E-state index contributed by atoms with van der Waals surface area (Å²) in [6.45, 7) is 1.73. The molecular formula is C20H18ClFN4O2. The Morgan fingerprint density at radius 1 is 1.14 bits per heavy atom. The zero-order chi connectivity index (χ0) is 19.5. The van der Waals surface area contributed by atoms with Crippen LogP contribution in [0.4, 0.5) is 10.4 Å². The Morgan fingerprint density at radius 2 is 1.89 bits per heavy atom. The first-order valence-electron chi connectivity index (χ1n) is 9.01. The fourth-order valence-corrected chi connectivity index (χ4v) is 3.40. The lowest BCUT2D eigenvalue weighted by atomic mass is 10.1. The molecule has 1 saturated heterocycles. The summed E-state index contributed by atoms with van der Waals surface area (Å²) < 4.78 is 19.4. The fraction of sp³-hybridized carbons (Fsp3) is 0.250. The summed E-state index contributed by atoms with van der Waals surface area (Å²) in [5.74, 6) is -0.812. The second kappa shape index (κ2) is 7.98. The summed E-state index contributed by atoms with van der Waals surface area (Å²) in [4.78, 5) is 14.8. The van der Waals surface area contributed by atoms with Gasteiger partial charge in [0.15, 0.2) is 0 Å². The van der Waals surface area contributed by atoms with Crippen LogP contribution in [0, 0.1) is 5.82 Å². The highest BCUT2D eigenvalue weighted by molar-refractivity contribution is 6.33. The number of hydrogen-bond donors (Lipinski definition) is 1. The highest BCUT2D eigenvalue weighted by Crippen LogP contribution is 2.26. The van der Waals surface area contributed by atoms with Crippen molar-refractivity contribution in [2.24, 2.45) is 0 Å². The minimum absolute atomic E-state index is 0.0434. The first kappa shape index (κ1) is 18.4. The van der Waals surface area contributed by atoms with Gasteiger partial charge in [0.25, 0.3) is 5.91 Å². The molecule has 0 spiro atoms. The Bertz CT molecular complexity index is 973. The molecule has 6 nitrogen and oxygen atoms in total. The number of anilines is 1. The summed E-state index contributed by atoms with van der Waals surface area (Å²) in [5.41, 5.74) is 0.807. The summed E-state index contributed by atoms with van der Waals surface area (Å²) >= 11 is 6.07. The highest BCUT2D eigenvalue weighted by Gasteiger charge is 2.26. The molecule has 0 bridgehead atoms. The number of hydrogen-bond acceptors (Lipinski definition) is 5. The maximum absolute atomic E-state index is 13.6. The van der Waals surface area contributed by atoms with Crippen molar-refractivity contribution in [1.82, 2.24) is 15.5 Å². The van der Waals surface area contributed by atoms with Crippen LogP contribution in [0.5, 0.6) is 0 Å². The van der Waals surface area contributed by atoms with Gasteiger partial charge in [0.2, 0.25) is 5.89 Å². The molecule has 1 fully saturated rings. The topological polar surface area (TPSA) is 71.3 Å². The number of carbonyl (C=O) groups excluding carboxylic acids is 1. The van der Waals surface area contributed by atoms with Gasteiger partial charge in [0, 0.05) is 13.1 Å². The van der Waals surface area contributed by atoms with Crippen LogP contribution in [0.2, 0.25) is 5.02 Å². The summed E-state index contributed by atoms with van der Waals surface area (Å²) in [6.07, 6.45) is 2.16. The van der Waals surface area contributed by atoms with Gasteiger partial charge >= 0.3 is 6.01 Å². The van der Waals surface area contributed by atoms with Crippen LogP contribution in [0.15, 0.2) is 52.9 Å². The van der Waals surface area contributed by atoms with Gasteiger partial charge in [-0.2, -0.15) is 0 Å². The molecule has 1 N–H and O–H groups in total. The predicted octanol–water partition coefficient (Wildman–Crippen LogP) is 3.98. The van der Waals surface area contributed by atoms with Gasteiger partial charge in [-0.05, 0) is 36.6 Å². The maximum atomic E-state index is 13.6. The molecule has 2 heterocycles. The average Bonchev–Trinajstić information content (AvgIpc) is 3.40. The maximum Gasteiger partial charge on any atom is 0.318 e. The summed E-state index contributed by atoms with van der Waals surface area (Å²) in [5, 5.41) is 11.3. The quantitative estimate of drug-likeness (QED) is 0.701. The lowest BCUT2D eigenvalue weighted by Crippen LogP contribution is -2.30. The minimum Gasteiger partial charge on any atom is -0.405 e. The van der Waals surface area contributed by atoms with E-state index in [0.717, 1.165) is 37.6 Å². The highest BCUT2D eigenvalue weighted by atomic mass is 35.5. The van der Waals surface area contributed by atoms with E-state index < -0.39 is 17.8 Å². The Morgan fingerprint density at radius 3 is 2.64 bits per heavy atom. The first-order valence-corrected chi connectivity index (χ1v) is 9.39. The molecule has 4 rings (SSSR count). The van der Waals surface area contributed by atoms with Gasteiger partial charge in [0.1, 0.15) is 11.9 Å². The number of aromatic nitrogens is 2. The standard InChI is InChI=1S/C20H18ClFN4O2/c21-16-9-8-14(22)12-15(16)18(27)23-17(13-6-2-1-3-7-13)19-24-25-20(28-19)26-10-4-5-11-26/h1-3,6-9,12,17H,4-5,10-11H2,(H,23,27)/t17-/m1/s1. The molecule has 0 unspecified atom stereocenters. The lowest BCUT2D eigenvalue weighted by Gasteiger charge is -2.17. The van der Waals surface area contributed by atoms with Gasteiger partial charge in [-0.15, -0.1) is 5.10 Å². The third-order valence-electron chi connectivity index (χ3n) is 4.63. The molecule has 28 heavy (non-hydrogen) atoms. The molecule has 8 heteroatoms. The van der Waals surface area contributed by atoms with Crippen molar-refractivity contribution in [2.45, 2.75) is 18.9 Å². The van der Waals surface area contributed by atoms with E-state index in [9.17, 15) is 9.18 Å². The monoisotopic (exact) mass is 400 g/mol. The Balaban J connectivity index is 1.65. The molecule has 0 saturated carbocycles. The van der Waals surface area contributed by atoms with E-state index in [2.05, 4.69) is 15.5 Å². The smallest absolute Gasteiger partial charge is 0.318 e. The predicted molar refractivity (Wildman–Crippen MR) is 103 cm³/mol. The van der Waals surface area contributed by atoms with E-state index in [1.807, 2.05) is 35.2 Å². The van der Waals surface area contributed by atoms with E-state index in [1.165, 1.54) is 12.1 Å². The van der Waals surface area contributed by atoms with Crippen LogP contribution in [0.3, 0.4) is 0 Å². The largest absolute Gasteiger partial charge is 0.405 e. The van der Waals surface area contributed by atoms with Crippen LogP contribution >= 0.6 is 11.6 Å². The van der Waals surface area contributed by atoms with Gasteiger partial charge in [-0.1, -0.05) is 47.0 Å². The molecule has 1 aromatic heterocycles. The number of rotatable bonds is 5. The zero-order valence-corrected chi connectivity index (χ0v) is 15.7. The van der Waals surface area contributed by atoms with E-state index in [1.54, 1.807) is 0 Å². The molecule has 144 valence electrons. The number of amides is 1. The Kier molecular flexibility index (Phi) is 5.25. The molecule has 0 radical (unpaired) electrons. The van der Waals surface area contributed by atoms with E-state index in [-0.39, 0.29) is 16.5 Å². The molecule has 1 amide bonds.